The molecule has 3 aromatic rings. The number of rotatable bonds is 6. The molecule has 0 unspecified atom stereocenters. The molecule has 32 heavy (non-hydrogen) atoms. The molecule has 3 heterocycles. The van der Waals surface area contributed by atoms with Gasteiger partial charge in [0.25, 0.3) is 0 Å². The average molecular weight is 431 g/mol. The Kier molecular flexibility index (Phi) is 5.88. The van der Waals surface area contributed by atoms with Gasteiger partial charge in [-0.2, -0.15) is 0 Å². The summed E-state index contributed by atoms with van der Waals surface area (Å²) in [6, 6.07) is 27.1. The Morgan fingerprint density at radius 1 is 0.906 bits per heavy atom. The Labute approximate surface area is 190 Å². The number of benzene rings is 3. The molecule has 0 aliphatic carbocycles. The van der Waals surface area contributed by atoms with Crippen LogP contribution in [0.15, 0.2) is 78.9 Å². The summed E-state index contributed by atoms with van der Waals surface area (Å²) in [6.45, 7) is 2.24. The van der Waals surface area contributed by atoms with Gasteiger partial charge in [0.15, 0.2) is 0 Å². The van der Waals surface area contributed by atoms with Crippen molar-refractivity contribution in [3.05, 3.63) is 95.8 Å². The third kappa shape index (κ3) is 3.77. The summed E-state index contributed by atoms with van der Waals surface area (Å²) in [4.78, 5) is 4.96. The lowest BCUT2D eigenvalue weighted by Crippen LogP contribution is -2.65. The van der Waals surface area contributed by atoms with Crippen molar-refractivity contribution in [1.29, 1.82) is 0 Å². The van der Waals surface area contributed by atoms with Crippen LogP contribution in [-0.2, 0) is 0 Å². The van der Waals surface area contributed by atoms with Crippen LogP contribution in [0.25, 0.3) is 0 Å². The van der Waals surface area contributed by atoms with E-state index in [-0.39, 0.29) is 17.8 Å². The molecule has 0 spiro atoms. The maximum absolute atomic E-state index is 14.3. The molecule has 3 aromatic carbocycles. The number of anilines is 1. The van der Waals surface area contributed by atoms with Gasteiger partial charge in [-0.05, 0) is 55.1 Å². The minimum absolute atomic E-state index is 0.229. The molecular formula is C28H31FN2O. The van der Waals surface area contributed by atoms with Crippen molar-refractivity contribution in [3.8, 4) is 5.75 Å². The number of fused-ring (bicyclic) bond motifs is 3. The van der Waals surface area contributed by atoms with Crippen LogP contribution >= 0.6 is 0 Å². The van der Waals surface area contributed by atoms with Crippen molar-refractivity contribution in [2.75, 3.05) is 32.1 Å². The van der Waals surface area contributed by atoms with Crippen molar-refractivity contribution >= 4 is 5.69 Å². The Balaban J connectivity index is 1.62. The Hall–Kier alpha value is -2.85. The smallest absolute Gasteiger partial charge is 0.142 e. The predicted molar refractivity (Wildman–Crippen MR) is 128 cm³/mol. The van der Waals surface area contributed by atoms with Gasteiger partial charge in [0, 0.05) is 31.1 Å². The van der Waals surface area contributed by atoms with E-state index in [4.69, 9.17) is 4.74 Å². The van der Waals surface area contributed by atoms with Crippen LogP contribution in [0.5, 0.6) is 5.75 Å². The molecule has 6 rings (SSSR count). The van der Waals surface area contributed by atoms with Crippen LogP contribution in [0.1, 0.15) is 29.9 Å². The van der Waals surface area contributed by atoms with Gasteiger partial charge in [0.1, 0.15) is 11.6 Å². The molecule has 3 saturated heterocycles. The van der Waals surface area contributed by atoms with Gasteiger partial charge in [-0.1, -0.05) is 60.7 Å². The molecule has 0 saturated carbocycles. The normalized spacial score (nSPS) is 24.5. The lowest BCUT2D eigenvalue weighted by molar-refractivity contribution is 0.0185. The fourth-order valence-corrected chi connectivity index (χ4v) is 6.01. The van der Waals surface area contributed by atoms with Crippen LogP contribution in [0.2, 0.25) is 0 Å². The van der Waals surface area contributed by atoms with Gasteiger partial charge in [0.05, 0.1) is 12.8 Å². The van der Waals surface area contributed by atoms with Gasteiger partial charge >= 0.3 is 0 Å². The third-order valence-corrected chi connectivity index (χ3v) is 7.46. The second-order valence-electron chi connectivity index (χ2n) is 9.08. The molecule has 0 radical (unpaired) electrons. The van der Waals surface area contributed by atoms with Crippen molar-refractivity contribution in [3.63, 3.8) is 0 Å². The second kappa shape index (κ2) is 8.95. The minimum atomic E-state index is -0.229. The van der Waals surface area contributed by atoms with Gasteiger partial charge in [-0.15, -0.1) is 0 Å². The molecule has 3 nitrogen and oxygen atoms in total. The van der Waals surface area contributed by atoms with Crippen molar-refractivity contribution in [1.82, 2.24) is 4.90 Å². The fraction of sp³-hybridized carbons (Fsp3) is 0.357. The van der Waals surface area contributed by atoms with Crippen LogP contribution in [0.4, 0.5) is 10.1 Å². The van der Waals surface area contributed by atoms with Gasteiger partial charge < -0.3 is 9.64 Å². The number of hydrogen-bond acceptors (Lipinski definition) is 3. The molecule has 4 heteroatoms. The highest BCUT2D eigenvalue weighted by Crippen LogP contribution is 2.45. The van der Waals surface area contributed by atoms with E-state index in [1.807, 2.05) is 0 Å². The Bertz CT molecular complexity index is 994. The number of likely N-dealkylation sites (N-methyl/N-ethyl adjacent to an activating group) is 1. The highest BCUT2D eigenvalue weighted by atomic mass is 19.1. The third-order valence-electron chi connectivity index (χ3n) is 7.46. The lowest BCUT2D eigenvalue weighted by Gasteiger charge is -2.56. The summed E-state index contributed by atoms with van der Waals surface area (Å²) in [5, 5.41) is 0. The zero-order valence-corrected chi connectivity index (χ0v) is 18.8. The number of halogens is 1. The Morgan fingerprint density at radius 2 is 1.50 bits per heavy atom. The molecule has 0 amide bonds. The van der Waals surface area contributed by atoms with Crippen LogP contribution in [-0.4, -0.2) is 44.2 Å². The molecule has 2 bridgehead atoms. The van der Waals surface area contributed by atoms with E-state index < -0.39 is 0 Å². The summed E-state index contributed by atoms with van der Waals surface area (Å²) >= 11 is 0. The molecule has 3 fully saturated rings. The van der Waals surface area contributed by atoms with E-state index in [0.717, 1.165) is 24.5 Å². The topological polar surface area (TPSA) is 15.7 Å². The van der Waals surface area contributed by atoms with Crippen molar-refractivity contribution in [2.45, 2.75) is 30.8 Å². The van der Waals surface area contributed by atoms with E-state index in [0.29, 0.717) is 12.0 Å². The highest BCUT2D eigenvalue weighted by molar-refractivity contribution is 5.59. The molecule has 166 valence electrons. The van der Waals surface area contributed by atoms with Crippen LogP contribution < -0.4 is 9.64 Å². The van der Waals surface area contributed by atoms with E-state index in [9.17, 15) is 4.39 Å². The summed E-state index contributed by atoms with van der Waals surface area (Å²) in [5.41, 5.74) is 3.50. The van der Waals surface area contributed by atoms with Gasteiger partial charge in [0.2, 0.25) is 0 Å². The SMILES string of the molecule is COc1ccc(F)cc1N(C)[C@@H]1C2CCN(CC2)[C@@H]1C(c1ccccc1)c1ccccc1. The van der Waals surface area contributed by atoms with Crippen LogP contribution in [0.3, 0.4) is 0 Å². The largest absolute Gasteiger partial charge is 0.495 e. The summed E-state index contributed by atoms with van der Waals surface area (Å²) < 4.78 is 19.9. The number of ether oxygens (including phenoxy) is 1. The standard InChI is InChI=1S/C28H31FN2O/c1-30(24-19-23(29)13-14-25(24)32-2)27-22-15-17-31(18-16-22)28(27)26(20-9-5-3-6-10-20)21-11-7-4-8-12-21/h3-14,19,22,26-28H,15-18H2,1-2H3/t27-,28-/m1/s1. The Morgan fingerprint density at radius 3 is 2.06 bits per heavy atom. The monoisotopic (exact) mass is 430 g/mol. The zero-order valence-electron chi connectivity index (χ0n) is 18.8. The average Bonchev–Trinajstić information content (AvgIpc) is 2.86. The number of piperidine rings is 3. The molecule has 3 aliphatic heterocycles. The van der Waals surface area contributed by atoms with E-state index >= 15 is 0 Å². The molecular weight excluding hydrogens is 399 g/mol. The predicted octanol–water partition coefficient (Wildman–Crippen LogP) is 5.57. The van der Waals surface area contributed by atoms with Gasteiger partial charge in [-0.3, -0.25) is 4.90 Å². The lowest BCUT2D eigenvalue weighted by atomic mass is 9.70. The fourth-order valence-electron chi connectivity index (χ4n) is 6.01. The van der Waals surface area contributed by atoms with Crippen molar-refractivity contribution < 1.29 is 9.13 Å². The zero-order chi connectivity index (χ0) is 22.1. The maximum Gasteiger partial charge on any atom is 0.142 e. The minimum Gasteiger partial charge on any atom is -0.495 e. The van der Waals surface area contributed by atoms with E-state index in [2.05, 4.69) is 77.5 Å². The summed E-state index contributed by atoms with van der Waals surface area (Å²) in [6.07, 6.45) is 2.36. The first-order valence-electron chi connectivity index (χ1n) is 11.6. The first-order chi connectivity index (χ1) is 15.7. The first kappa shape index (κ1) is 21.0. The molecule has 3 aliphatic rings. The summed E-state index contributed by atoms with van der Waals surface area (Å²) in [7, 11) is 3.78. The summed E-state index contributed by atoms with van der Waals surface area (Å²) in [5.74, 6) is 1.30. The van der Waals surface area contributed by atoms with Gasteiger partial charge in [-0.25, -0.2) is 4.39 Å². The van der Waals surface area contributed by atoms with Crippen LogP contribution in [0, 0.1) is 11.7 Å². The quantitative estimate of drug-likeness (QED) is 0.509. The van der Waals surface area contributed by atoms with E-state index in [1.165, 1.54) is 30.0 Å². The molecule has 0 aromatic heterocycles. The first-order valence-corrected chi connectivity index (χ1v) is 11.6. The highest BCUT2D eigenvalue weighted by Gasteiger charge is 2.48. The van der Waals surface area contributed by atoms with E-state index in [1.54, 1.807) is 19.2 Å². The number of hydrogen-bond donors (Lipinski definition) is 0. The molecule has 2 atom stereocenters. The maximum atomic E-state index is 14.3. The number of nitrogens with zero attached hydrogens (tertiary/aromatic N) is 2. The number of methoxy groups -OCH3 is 1. The molecule has 0 N–H and O–H groups in total. The second-order valence-corrected chi connectivity index (χ2v) is 9.08. The van der Waals surface area contributed by atoms with Crippen molar-refractivity contribution in [2.24, 2.45) is 5.92 Å².